The van der Waals surface area contributed by atoms with Crippen LogP contribution in [0.2, 0.25) is 0 Å². The largest absolute Gasteiger partial charge is 0.495 e. The predicted octanol–water partition coefficient (Wildman–Crippen LogP) is 2.92. The molecule has 0 aliphatic carbocycles. The average molecular weight is 311 g/mol. The van der Waals surface area contributed by atoms with Crippen molar-refractivity contribution >= 4 is 10.0 Å². The Kier molecular flexibility index (Phi) is 4.94. The predicted molar refractivity (Wildman–Crippen MR) is 84.1 cm³/mol. The van der Waals surface area contributed by atoms with Crippen LogP contribution in [-0.4, -0.2) is 32.9 Å². The SMILES string of the molecule is CCc1ccc(OC)c(S(=O)(=O)N2C[C@H](C)C[C@@H](C)C2)c1. The molecule has 1 aliphatic heterocycles. The molecule has 0 unspecified atom stereocenters. The minimum atomic E-state index is -3.49. The number of nitrogens with zero attached hydrogens (tertiary/aromatic N) is 1. The molecule has 5 heteroatoms. The normalized spacial score (nSPS) is 24.0. The first-order valence-corrected chi connectivity index (χ1v) is 8.99. The molecule has 0 amide bonds. The number of benzene rings is 1. The average Bonchev–Trinajstić information content (AvgIpc) is 2.45. The van der Waals surface area contributed by atoms with Crippen LogP contribution in [0.25, 0.3) is 0 Å². The summed E-state index contributed by atoms with van der Waals surface area (Å²) < 4.78 is 32.8. The van der Waals surface area contributed by atoms with Crippen LogP contribution in [0.4, 0.5) is 0 Å². The first-order valence-electron chi connectivity index (χ1n) is 7.55. The van der Waals surface area contributed by atoms with E-state index in [2.05, 4.69) is 13.8 Å². The highest BCUT2D eigenvalue weighted by Crippen LogP contribution is 2.32. The second-order valence-corrected chi connectivity index (χ2v) is 8.01. The van der Waals surface area contributed by atoms with Gasteiger partial charge in [0, 0.05) is 13.1 Å². The number of rotatable bonds is 4. The van der Waals surface area contributed by atoms with Gasteiger partial charge in [0.2, 0.25) is 10.0 Å². The Bertz CT molecular complexity index is 588. The maximum Gasteiger partial charge on any atom is 0.246 e. The highest BCUT2D eigenvalue weighted by molar-refractivity contribution is 7.89. The maximum atomic E-state index is 13.0. The van der Waals surface area contributed by atoms with Gasteiger partial charge in [0.25, 0.3) is 0 Å². The molecule has 0 aromatic heterocycles. The van der Waals surface area contributed by atoms with Gasteiger partial charge < -0.3 is 4.74 Å². The summed E-state index contributed by atoms with van der Waals surface area (Å²) in [6.07, 6.45) is 1.89. The third kappa shape index (κ3) is 3.40. The van der Waals surface area contributed by atoms with E-state index in [1.807, 2.05) is 13.0 Å². The summed E-state index contributed by atoms with van der Waals surface area (Å²) in [7, 11) is -1.98. The fourth-order valence-corrected chi connectivity index (χ4v) is 4.97. The molecule has 0 N–H and O–H groups in total. The van der Waals surface area contributed by atoms with E-state index in [0.29, 0.717) is 35.6 Å². The number of piperidine rings is 1. The molecular formula is C16H25NO3S. The van der Waals surface area contributed by atoms with Crippen molar-refractivity contribution in [2.45, 2.75) is 38.5 Å². The lowest BCUT2D eigenvalue weighted by molar-refractivity contribution is 0.222. The Hall–Kier alpha value is -1.07. The summed E-state index contributed by atoms with van der Waals surface area (Å²) in [4.78, 5) is 0.297. The summed E-state index contributed by atoms with van der Waals surface area (Å²) in [5.41, 5.74) is 1.01. The minimum Gasteiger partial charge on any atom is -0.495 e. The maximum absolute atomic E-state index is 13.0. The van der Waals surface area contributed by atoms with Gasteiger partial charge in [-0.2, -0.15) is 4.31 Å². The molecule has 2 rings (SSSR count). The van der Waals surface area contributed by atoms with Gasteiger partial charge in [-0.15, -0.1) is 0 Å². The standard InChI is InChI=1S/C16H25NO3S/c1-5-14-6-7-15(20-4)16(9-14)21(18,19)17-10-12(2)8-13(3)11-17/h6-7,9,12-13H,5,8,10-11H2,1-4H3/t12-,13-/m1/s1. The molecule has 1 aliphatic rings. The molecule has 1 aromatic carbocycles. The van der Waals surface area contributed by atoms with Gasteiger partial charge in [-0.3, -0.25) is 0 Å². The van der Waals surface area contributed by atoms with E-state index < -0.39 is 10.0 Å². The number of hydrogen-bond donors (Lipinski definition) is 0. The van der Waals surface area contributed by atoms with E-state index in [1.165, 1.54) is 7.11 Å². The molecule has 1 saturated heterocycles. The topological polar surface area (TPSA) is 46.6 Å². The molecular weight excluding hydrogens is 286 g/mol. The van der Waals surface area contributed by atoms with Gasteiger partial charge in [-0.1, -0.05) is 26.8 Å². The Morgan fingerprint density at radius 1 is 1.24 bits per heavy atom. The van der Waals surface area contributed by atoms with E-state index in [0.717, 1.165) is 18.4 Å². The highest BCUT2D eigenvalue weighted by Gasteiger charge is 2.33. The summed E-state index contributed by atoms with van der Waals surface area (Å²) in [6, 6.07) is 5.42. The van der Waals surface area contributed by atoms with Crippen LogP contribution in [0.15, 0.2) is 23.1 Å². The van der Waals surface area contributed by atoms with Crippen LogP contribution < -0.4 is 4.74 Å². The quantitative estimate of drug-likeness (QED) is 0.859. The first kappa shape index (κ1) is 16.3. The van der Waals surface area contributed by atoms with E-state index in [-0.39, 0.29) is 0 Å². The van der Waals surface area contributed by atoms with E-state index in [9.17, 15) is 8.42 Å². The molecule has 1 heterocycles. The van der Waals surface area contributed by atoms with Crippen molar-refractivity contribution in [3.8, 4) is 5.75 Å². The summed E-state index contributed by atoms with van der Waals surface area (Å²) in [5, 5.41) is 0. The Morgan fingerprint density at radius 3 is 2.38 bits per heavy atom. The second kappa shape index (κ2) is 6.36. The van der Waals surface area contributed by atoms with Crippen molar-refractivity contribution in [2.75, 3.05) is 20.2 Å². The Labute approximate surface area is 128 Å². The number of methoxy groups -OCH3 is 1. The zero-order chi connectivity index (χ0) is 15.6. The fourth-order valence-electron chi connectivity index (χ4n) is 3.08. The first-order chi connectivity index (χ1) is 9.88. The van der Waals surface area contributed by atoms with Crippen molar-refractivity contribution in [1.29, 1.82) is 0 Å². The number of sulfonamides is 1. The molecule has 0 saturated carbocycles. The molecule has 4 nitrogen and oxygen atoms in total. The van der Waals surface area contributed by atoms with E-state index >= 15 is 0 Å². The molecule has 1 fully saturated rings. The van der Waals surface area contributed by atoms with Gasteiger partial charge in [-0.05, 0) is 42.4 Å². The highest BCUT2D eigenvalue weighted by atomic mass is 32.2. The lowest BCUT2D eigenvalue weighted by Crippen LogP contribution is -2.42. The summed E-state index contributed by atoms with van der Waals surface area (Å²) in [6.45, 7) is 7.41. The van der Waals surface area contributed by atoms with Gasteiger partial charge in [0.1, 0.15) is 10.6 Å². The van der Waals surface area contributed by atoms with E-state index in [1.54, 1.807) is 16.4 Å². The second-order valence-electron chi connectivity index (χ2n) is 6.11. The zero-order valence-corrected chi connectivity index (χ0v) is 14.1. The third-order valence-corrected chi connectivity index (χ3v) is 5.94. The van der Waals surface area contributed by atoms with Gasteiger partial charge in [0.05, 0.1) is 7.11 Å². The Balaban J connectivity index is 2.43. The molecule has 118 valence electrons. The van der Waals surface area contributed by atoms with E-state index in [4.69, 9.17) is 4.74 Å². The molecule has 0 radical (unpaired) electrons. The van der Waals surface area contributed by atoms with Crippen LogP contribution in [0, 0.1) is 11.8 Å². The van der Waals surface area contributed by atoms with Gasteiger partial charge >= 0.3 is 0 Å². The molecule has 0 bridgehead atoms. The van der Waals surface area contributed by atoms with Gasteiger partial charge in [0.15, 0.2) is 0 Å². The van der Waals surface area contributed by atoms with Crippen LogP contribution >= 0.6 is 0 Å². The number of hydrogen-bond acceptors (Lipinski definition) is 3. The van der Waals surface area contributed by atoms with Crippen LogP contribution in [0.1, 0.15) is 32.8 Å². The van der Waals surface area contributed by atoms with Crippen molar-refractivity contribution in [3.63, 3.8) is 0 Å². The van der Waals surface area contributed by atoms with Gasteiger partial charge in [-0.25, -0.2) is 8.42 Å². The zero-order valence-electron chi connectivity index (χ0n) is 13.3. The Morgan fingerprint density at radius 2 is 1.86 bits per heavy atom. The molecule has 1 aromatic rings. The lowest BCUT2D eigenvalue weighted by atomic mass is 9.94. The van der Waals surface area contributed by atoms with Crippen LogP contribution in [0.3, 0.4) is 0 Å². The van der Waals surface area contributed by atoms with Crippen LogP contribution in [-0.2, 0) is 16.4 Å². The van der Waals surface area contributed by atoms with Crippen molar-refractivity contribution < 1.29 is 13.2 Å². The fraction of sp³-hybridized carbons (Fsp3) is 0.625. The van der Waals surface area contributed by atoms with Crippen molar-refractivity contribution in [3.05, 3.63) is 23.8 Å². The van der Waals surface area contributed by atoms with Crippen LogP contribution in [0.5, 0.6) is 5.75 Å². The molecule has 2 atom stereocenters. The molecule has 21 heavy (non-hydrogen) atoms. The van der Waals surface area contributed by atoms with Crippen molar-refractivity contribution in [2.24, 2.45) is 11.8 Å². The lowest BCUT2D eigenvalue weighted by Gasteiger charge is -2.34. The summed E-state index contributed by atoms with van der Waals surface area (Å²) >= 11 is 0. The number of ether oxygens (including phenoxy) is 1. The monoisotopic (exact) mass is 311 g/mol. The van der Waals surface area contributed by atoms with Crippen molar-refractivity contribution in [1.82, 2.24) is 4.31 Å². The number of aryl methyl sites for hydroxylation is 1. The molecule has 0 spiro atoms. The third-order valence-electron chi connectivity index (χ3n) is 4.09. The summed E-state index contributed by atoms with van der Waals surface area (Å²) in [5.74, 6) is 1.21. The smallest absolute Gasteiger partial charge is 0.246 e. The minimum absolute atomic E-state index is 0.297.